The lowest BCUT2D eigenvalue weighted by Gasteiger charge is -2.23. The van der Waals surface area contributed by atoms with Gasteiger partial charge in [0, 0.05) is 29.7 Å². The van der Waals surface area contributed by atoms with E-state index in [1.807, 2.05) is 12.1 Å². The molecule has 0 aliphatic rings. The molecule has 0 aliphatic carbocycles. The maximum absolute atomic E-state index is 5.41. The van der Waals surface area contributed by atoms with Gasteiger partial charge in [-0.25, -0.2) is 0 Å². The molecule has 3 nitrogen and oxygen atoms in total. The molecule has 0 N–H and O–H groups in total. The van der Waals surface area contributed by atoms with Crippen molar-refractivity contribution < 1.29 is 4.74 Å². The molecule has 0 atom stereocenters. The van der Waals surface area contributed by atoms with E-state index in [0.717, 1.165) is 42.9 Å². The van der Waals surface area contributed by atoms with Crippen molar-refractivity contribution in [3.63, 3.8) is 0 Å². The SMILES string of the molecule is CCN(CC)CCN(C)Cc1cc(Br)ccc1OC. The van der Waals surface area contributed by atoms with Crippen LogP contribution in [0.4, 0.5) is 0 Å². The molecule has 0 fully saturated rings. The first-order chi connectivity index (χ1) is 9.10. The molecule has 1 aromatic carbocycles. The molecule has 0 saturated carbocycles. The van der Waals surface area contributed by atoms with Gasteiger partial charge in [-0.1, -0.05) is 29.8 Å². The molecule has 0 heterocycles. The molecule has 1 aromatic rings. The van der Waals surface area contributed by atoms with Crippen LogP contribution in [0.5, 0.6) is 5.75 Å². The quantitative estimate of drug-likeness (QED) is 0.728. The number of hydrogen-bond acceptors (Lipinski definition) is 3. The molecule has 0 saturated heterocycles. The van der Waals surface area contributed by atoms with Crippen LogP contribution in [-0.4, -0.2) is 50.1 Å². The highest BCUT2D eigenvalue weighted by Crippen LogP contribution is 2.23. The molecule has 0 radical (unpaired) electrons. The minimum atomic E-state index is 0.907. The van der Waals surface area contributed by atoms with Crippen LogP contribution in [-0.2, 0) is 6.54 Å². The summed E-state index contributed by atoms with van der Waals surface area (Å²) in [5.41, 5.74) is 1.22. The van der Waals surface area contributed by atoms with Crippen LogP contribution in [0, 0.1) is 0 Å². The van der Waals surface area contributed by atoms with Crippen LogP contribution in [0.2, 0.25) is 0 Å². The van der Waals surface area contributed by atoms with Crippen molar-refractivity contribution in [2.45, 2.75) is 20.4 Å². The fraction of sp³-hybridized carbons (Fsp3) is 0.600. The van der Waals surface area contributed by atoms with Crippen molar-refractivity contribution in [1.29, 1.82) is 0 Å². The van der Waals surface area contributed by atoms with E-state index in [1.54, 1.807) is 7.11 Å². The summed E-state index contributed by atoms with van der Waals surface area (Å²) in [6.45, 7) is 9.73. The summed E-state index contributed by atoms with van der Waals surface area (Å²) >= 11 is 3.52. The number of likely N-dealkylation sites (N-methyl/N-ethyl adjacent to an activating group) is 2. The third kappa shape index (κ3) is 5.51. The first kappa shape index (κ1) is 16.5. The van der Waals surface area contributed by atoms with Crippen molar-refractivity contribution >= 4 is 15.9 Å². The number of nitrogens with zero attached hydrogens (tertiary/aromatic N) is 2. The van der Waals surface area contributed by atoms with Gasteiger partial charge in [0.15, 0.2) is 0 Å². The highest BCUT2D eigenvalue weighted by molar-refractivity contribution is 9.10. The molecule has 0 aromatic heterocycles. The molecular weight excluding hydrogens is 304 g/mol. The van der Waals surface area contributed by atoms with Crippen LogP contribution >= 0.6 is 15.9 Å². The van der Waals surface area contributed by atoms with Gasteiger partial charge in [0.25, 0.3) is 0 Å². The Kier molecular flexibility index (Phi) is 7.42. The first-order valence-electron chi connectivity index (χ1n) is 6.84. The minimum absolute atomic E-state index is 0.907. The second kappa shape index (κ2) is 8.56. The number of ether oxygens (including phenoxy) is 1. The number of methoxy groups -OCH3 is 1. The van der Waals surface area contributed by atoms with E-state index in [1.165, 1.54) is 5.56 Å². The monoisotopic (exact) mass is 328 g/mol. The van der Waals surface area contributed by atoms with E-state index < -0.39 is 0 Å². The van der Waals surface area contributed by atoms with E-state index in [-0.39, 0.29) is 0 Å². The highest BCUT2D eigenvalue weighted by atomic mass is 79.9. The summed E-state index contributed by atoms with van der Waals surface area (Å²) in [7, 11) is 3.88. The fourth-order valence-corrected chi connectivity index (χ4v) is 2.50. The minimum Gasteiger partial charge on any atom is -0.496 e. The van der Waals surface area contributed by atoms with Crippen LogP contribution in [0.3, 0.4) is 0 Å². The summed E-state index contributed by atoms with van der Waals surface area (Å²) < 4.78 is 6.51. The Balaban J connectivity index is 2.56. The molecular formula is C15H25BrN2O. The number of rotatable bonds is 8. The van der Waals surface area contributed by atoms with Gasteiger partial charge in [0.1, 0.15) is 5.75 Å². The molecule has 1 rings (SSSR count). The Hall–Kier alpha value is -0.580. The Labute approximate surface area is 125 Å². The number of benzene rings is 1. The molecule has 0 bridgehead atoms. The maximum atomic E-state index is 5.41. The maximum Gasteiger partial charge on any atom is 0.123 e. The van der Waals surface area contributed by atoms with Gasteiger partial charge in [-0.15, -0.1) is 0 Å². The van der Waals surface area contributed by atoms with E-state index in [0.29, 0.717) is 0 Å². The molecule has 0 unspecified atom stereocenters. The van der Waals surface area contributed by atoms with Gasteiger partial charge in [-0.05, 0) is 38.3 Å². The topological polar surface area (TPSA) is 15.7 Å². The first-order valence-corrected chi connectivity index (χ1v) is 7.63. The van der Waals surface area contributed by atoms with E-state index in [2.05, 4.69) is 52.7 Å². The summed E-state index contributed by atoms with van der Waals surface area (Å²) in [4.78, 5) is 4.78. The Morgan fingerprint density at radius 1 is 1.16 bits per heavy atom. The van der Waals surface area contributed by atoms with E-state index in [9.17, 15) is 0 Å². The molecule has 108 valence electrons. The predicted octanol–water partition coefficient (Wildman–Crippen LogP) is 3.23. The van der Waals surface area contributed by atoms with Gasteiger partial charge in [0.2, 0.25) is 0 Å². The summed E-state index contributed by atoms with van der Waals surface area (Å²) in [6.07, 6.45) is 0. The summed E-state index contributed by atoms with van der Waals surface area (Å²) in [5, 5.41) is 0. The lowest BCUT2D eigenvalue weighted by Crippen LogP contribution is -2.32. The average molecular weight is 329 g/mol. The standard InChI is InChI=1S/C15H25BrN2O/c1-5-18(6-2)10-9-17(3)12-13-11-14(16)7-8-15(13)19-4/h7-8,11H,5-6,9-10,12H2,1-4H3. The smallest absolute Gasteiger partial charge is 0.123 e. The van der Waals surface area contributed by atoms with Gasteiger partial charge in [-0.3, -0.25) is 0 Å². The second-order valence-electron chi connectivity index (χ2n) is 4.72. The Morgan fingerprint density at radius 3 is 2.42 bits per heavy atom. The van der Waals surface area contributed by atoms with Crippen molar-refractivity contribution in [1.82, 2.24) is 9.80 Å². The van der Waals surface area contributed by atoms with Crippen LogP contribution in [0.15, 0.2) is 22.7 Å². The molecule has 0 spiro atoms. The van der Waals surface area contributed by atoms with Gasteiger partial charge in [0.05, 0.1) is 7.11 Å². The zero-order valence-electron chi connectivity index (χ0n) is 12.4. The van der Waals surface area contributed by atoms with Crippen molar-refractivity contribution in [2.24, 2.45) is 0 Å². The van der Waals surface area contributed by atoms with Gasteiger partial charge >= 0.3 is 0 Å². The normalized spacial score (nSPS) is 11.3. The van der Waals surface area contributed by atoms with Gasteiger partial charge in [-0.2, -0.15) is 0 Å². The summed E-state index contributed by atoms with van der Waals surface area (Å²) in [6, 6.07) is 6.16. The Bertz CT molecular complexity index is 380. The predicted molar refractivity (Wildman–Crippen MR) is 84.8 cm³/mol. The van der Waals surface area contributed by atoms with Crippen molar-refractivity contribution in [3.05, 3.63) is 28.2 Å². The zero-order chi connectivity index (χ0) is 14.3. The average Bonchev–Trinajstić information content (AvgIpc) is 2.40. The highest BCUT2D eigenvalue weighted by Gasteiger charge is 2.08. The molecule has 4 heteroatoms. The van der Waals surface area contributed by atoms with E-state index in [4.69, 9.17) is 4.74 Å². The van der Waals surface area contributed by atoms with Gasteiger partial charge < -0.3 is 14.5 Å². The van der Waals surface area contributed by atoms with Crippen LogP contribution in [0.25, 0.3) is 0 Å². The second-order valence-corrected chi connectivity index (χ2v) is 5.64. The molecule has 0 aliphatic heterocycles. The third-order valence-electron chi connectivity index (χ3n) is 3.38. The van der Waals surface area contributed by atoms with Crippen LogP contribution < -0.4 is 4.74 Å². The largest absolute Gasteiger partial charge is 0.496 e. The lowest BCUT2D eigenvalue weighted by atomic mass is 10.2. The molecule has 0 amide bonds. The van der Waals surface area contributed by atoms with E-state index >= 15 is 0 Å². The zero-order valence-corrected chi connectivity index (χ0v) is 14.0. The molecule has 19 heavy (non-hydrogen) atoms. The van der Waals surface area contributed by atoms with Crippen molar-refractivity contribution in [2.75, 3.05) is 40.3 Å². The van der Waals surface area contributed by atoms with Crippen LogP contribution in [0.1, 0.15) is 19.4 Å². The summed E-state index contributed by atoms with van der Waals surface area (Å²) in [5.74, 6) is 0.956. The number of hydrogen-bond donors (Lipinski definition) is 0. The van der Waals surface area contributed by atoms with Crippen molar-refractivity contribution in [3.8, 4) is 5.75 Å². The number of halogens is 1. The lowest BCUT2D eigenvalue weighted by molar-refractivity contribution is 0.235. The fourth-order valence-electron chi connectivity index (χ4n) is 2.09. The third-order valence-corrected chi connectivity index (χ3v) is 3.87. The Morgan fingerprint density at radius 2 is 1.84 bits per heavy atom.